The van der Waals surface area contributed by atoms with Gasteiger partial charge in [0.15, 0.2) is 0 Å². The number of halogens is 1. The number of anilines is 1. The van der Waals surface area contributed by atoms with Gasteiger partial charge in [0.05, 0.1) is 17.2 Å². The number of amides is 1. The molecule has 4 nitrogen and oxygen atoms in total. The summed E-state index contributed by atoms with van der Waals surface area (Å²) in [6.07, 6.45) is 0. The lowest BCUT2D eigenvalue weighted by molar-refractivity contribution is 0.0783. The normalized spacial score (nSPS) is 10.5. The Bertz CT molecular complexity index is 612. The SMILES string of the molecule is Cc1nc(CN(C)C(=O)c2ccc(N)c(Br)c2)cs1. The molecule has 1 aromatic carbocycles. The van der Waals surface area contributed by atoms with E-state index in [2.05, 4.69) is 20.9 Å². The molecule has 2 aromatic rings. The highest BCUT2D eigenvalue weighted by Crippen LogP contribution is 2.21. The van der Waals surface area contributed by atoms with E-state index in [0.717, 1.165) is 15.2 Å². The number of carbonyl (C=O) groups is 1. The lowest BCUT2D eigenvalue weighted by atomic mass is 10.2. The minimum Gasteiger partial charge on any atom is -0.398 e. The average molecular weight is 340 g/mol. The third-order valence-electron chi connectivity index (χ3n) is 2.66. The number of nitrogens with zero attached hydrogens (tertiary/aromatic N) is 2. The Balaban J connectivity index is 2.12. The number of thiazole rings is 1. The topological polar surface area (TPSA) is 59.2 Å². The number of nitrogen functional groups attached to an aromatic ring is 1. The number of hydrogen-bond acceptors (Lipinski definition) is 4. The van der Waals surface area contributed by atoms with Crippen LogP contribution in [-0.2, 0) is 6.54 Å². The molecule has 0 saturated heterocycles. The van der Waals surface area contributed by atoms with Crippen molar-refractivity contribution < 1.29 is 4.79 Å². The predicted octanol–water partition coefficient (Wildman–Crippen LogP) is 3.07. The fourth-order valence-corrected chi connectivity index (χ4v) is 2.66. The summed E-state index contributed by atoms with van der Waals surface area (Å²) in [5.41, 5.74) is 7.85. The van der Waals surface area contributed by atoms with Crippen LogP contribution in [0.25, 0.3) is 0 Å². The monoisotopic (exact) mass is 339 g/mol. The largest absolute Gasteiger partial charge is 0.398 e. The van der Waals surface area contributed by atoms with Crippen LogP contribution in [0.1, 0.15) is 21.1 Å². The highest BCUT2D eigenvalue weighted by Gasteiger charge is 2.14. The molecule has 19 heavy (non-hydrogen) atoms. The standard InChI is InChI=1S/C13H14BrN3OS/c1-8-16-10(7-19-8)6-17(2)13(18)9-3-4-12(15)11(14)5-9/h3-5,7H,6,15H2,1-2H3. The molecule has 0 unspecified atom stereocenters. The summed E-state index contributed by atoms with van der Waals surface area (Å²) in [4.78, 5) is 18.3. The lowest BCUT2D eigenvalue weighted by Crippen LogP contribution is -2.26. The summed E-state index contributed by atoms with van der Waals surface area (Å²) >= 11 is 4.91. The van der Waals surface area contributed by atoms with Crippen LogP contribution in [0.4, 0.5) is 5.69 Å². The number of nitrogens with two attached hydrogens (primary N) is 1. The van der Waals surface area contributed by atoms with Gasteiger partial charge in [-0.25, -0.2) is 4.98 Å². The molecule has 0 spiro atoms. The van der Waals surface area contributed by atoms with Crippen LogP contribution in [0.2, 0.25) is 0 Å². The van der Waals surface area contributed by atoms with Crippen molar-refractivity contribution in [3.8, 4) is 0 Å². The van der Waals surface area contributed by atoms with Gasteiger partial charge in [-0.3, -0.25) is 4.79 Å². The second-order valence-electron chi connectivity index (χ2n) is 4.26. The first kappa shape index (κ1) is 14.0. The van der Waals surface area contributed by atoms with Gasteiger partial charge in [0, 0.05) is 28.2 Å². The molecule has 2 N–H and O–H groups in total. The first-order chi connectivity index (χ1) is 8.97. The van der Waals surface area contributed by atoms with Crippen LogP contribution in [0.15, 0.2) is 28.1 Å². The number of hydrogen-bond donors (Lipinski definition) is 1. The number of rotatable bonds is 3. The maximum Gasteiger partial charge on any atom is 0.253 e. The molecule has 0 saturated carbocycles. The molecule has 100 valence electrons. The minimum absolute atomic E-state index is 0.0497. The van der Waals surface area contributed by atoms with Gasteiger partial charge >= 0.3 is 0 Å². The Morgan fingerprint density at radius 2 is 2.26 bits per heavy atom. The molecule has 6 heteroatoms. The van der Waals surface area contributed by atoms with Crippen LogP contribution in [-0.4, -0.2) is 22.8 Å². The number of carbonyl (C=O) groups excluding carboxylic acids is 1. The Hall–Kier alpha value is -1.40. The summed E-state index contributed by atoms with van der Waals surface area (Å²) < 4.78 is 0.733. The predicted molar refractivity (Wildman–Crippen MR) is 81.2 cm³/mol. The van der Waals surface area contributed by atoms with E-state index in [1.165, 1.54) is 0 Å². The van der Waals surface area contributed by atoms with E-state index in [1.807, 2.05) is 12.3 Å². The van der Waals surface area contributed by atoms with Gasteiger partial charge in [-0.2, -0.15) is 0 Å². The van der Waals surface area contributed by atoms with E-state index >= 15 is 0 Å². The maximum absolute atomic E-state index is 12.3. The fraction of sp³-hybridized carbons (Fsp3) is 0.231. The maximum atomic E-state index is 12.3. The summed E-state index contributed by atoms with van der Waals surface area (Å²) in [6, 6.07) is 5.18. The molecule has 0 aliphatic carbocycles. The van der Waals surface area contributed by atoms with E-state index in [1.54, 1.807) is 41.5 Å². The van der Waals surface area contributed by atoms with E-state index in [-0.39, 0.29) is 5.91 Å². The third-order valence-corrected chi connectivity index (χ3v) is 4.17. The van der Waals surface area contributed by atoms with Crippen LogP contribution < -0.4 is 5.73 Å². The van der Waals surface area contributed by atoms with Gasteiger partial charge in [-0.1, -0.05) is 0 Å². The number of aryl methyl sites for hydroxylation is 1. The first-order valence-corrected chi connectivity index (χ1v) is 7.36. The number of aromatic nitrogens is 1. The van der Waals surface area contributed by atoms with Crippen molar-refractivity contribution in [3.05, 3.63) is 44.3 Å². The molecule has 0 aliphatic heterocycles. The zero-order valence-corrected chi connectivity index (χ0v) is 13.1. The van der Waals surface area contributed by atoms with Crippen molar-refractivity contribution in [2.75, 3.05) is 12.8 Å². The summed E-state index contributed by atoms with van der Waals surface area (Å²) in [6.45, 7) is 2.46. The zero-order chi connectivity index (χ0) is 14.0. The van der Waals surface area contributed by atoms with Crippen molar-refractivity contribution in [2.24, 2.45) is 0 Å². The highest BCUT2D eigenvalue weighted by molar-refractivity contribution is 9.10. The molecule has 0 fully saturated rings. The van der Waals surface area contributed by atoms with Gasteiger partial charge in [0.1, 0.15) is 0 Å². The minimum atomic E-state index is -0.0497. The van der Waals surface area contributed by atoms with Crippen LogP contribution >= 0.6 is 27.3 Å². The van der Waals surface area contributed by atoms with Crippen LogP contribution in [0, 0.1) is 6.92 Å². The van der Waals surface area contributed by atoms with Crippen molar-refractivity contribution >= 4 is 38.9 Å². The van der Waals surface area contributed by atoms with Crippen molar-refractivity contribution in [1.29, 1.82) is 0 Å². The van der Waals surface area contributed by atoms with E-state index in [4.69, 9.17) is 5.73 Å². The van der Waals surface area contributed by atoms with Crippen molar-refractivity contribution in [2.45, 2.75) is 13.5 Å². The molecular weight excluding hydrogens is 326 g/mol. The lowest BCUT2D eigenvalue weighted by Gasteiger charge is -2.16. The van der Waals surface area contributed by atoms with E-state index < -0.39 is 0 Å². The molecule has 1 aromatic heterocycles. The second kappa shape index (κ2) is 5.71. The molecule has 0 bridgehead atoms. The van der Waals surface area contributed by atoms with Gasteiger partial charge in [0.2, 0.25) is 0 Å². The van der Waals surface area contributed by atoms with E-state index in [0.29, 0.717) is 17.8 Å². The number of benzene rings is 1. The molecule has 2 rings (SSSR count). The molecule has 0 aliphatic rings. The first-order valence-electron chi connectivity index (χ1n) is 5.69. The second-order valence-corrected chi connectivity index (χ2v) is 6.17. The summed E-state index contributed by atoms with van der Waals surface area (Å²) in [5.74, 6) is -0.0497. The van der Waals surface area contributed by atoms with Gasteiger partial charge in [-0.05, 0) is 41.1 Å². The van der Waals surface area contributed by atoms with Gasteiger partial charge in [-0.15, -0.1) is 11.3 Å². The molecule has 1 amide bonds. The third kappa shape index (κ3) is 3.33. The smallest absolute Gasteiger partial charge is 0.253 e. The average Bonchev–Trinajstić information content (AvgIpc) is 2.77. The Labute approximate surface area is 124 Å². The molecule has 1 heterocycles. The van der Waals surface area contributed by atoms with Gasteiger partial charge in [0.25, 0.3) is 5.91 Å². The fourth-order valence-electron chi connectivity index (χ4n) is 1.68. The zero-order valence-electron chi connectivity index (χ0n) is 10.7. The van der Waals surface area contributed by atoms with Gasteiger partial charge < -0.3 is 10.6 Å². The van der Waals surface area contributed by atoms with Crippen molar-refractivity contribution in [1.82, 2.24) is 9.88 Å². The van der Waals surface area contributed by atoms with Crippen LogP contribution in [0.5, 0.6) is 0 Å². The summed E-state index contributed by atoms with van der Waals surface area (Å²) in [7, 11) is 1.77. The van der Waals surface area contributed by atoms with Crippen LogP contribution in [0.3, 0.4) is 0 Å². The Morgan fingerprint density at radius 3 is 2.84 bits per heavy atom. The molecule has 0 atom stereocenters. The quantitative estimate of drug-likeness (QED) is 0.874. The molecule has 0 radical (unpaired) electrons. The highest BCUT2D eigenvalue weighted by atomic mass is 79.9. The Morgan fingerprint density at radius 1 is 1.53 bits per heavy atom. The van der Waals surface area contributed by atoms with E-state index in [9.17, 15) is 4.79 Å². The molecular formula is C13H14BrN3OS. The Kier molecular flexibility index (Phi) is 4.21. The van der Waals surface area contributed by atoms with Crippen molar-refractivity contribution in [3.63, 3.8) is 0 Å². The summed E-state index contributed by atoms with van der Waals surface area (Å²) in [5, 5.41) is 2.98.